The number of imidazole rings is 1. The Morgan fingerprint density at radius 1 is 0.811 bits per heavy atom. The number of fused-ring (bicyclic) bond motifs is 4. The number of thiophene rings is 1. The number of para-hydroxylation sites is 2. The summed E-state index contributed by atoms with van der Waals surface area (Å²) in [4.78, 5) is 13.7. The minimum Gasteiger partial charge on any atom is -0.333 e. The van der Waals surface area contributed by atoms with E-state index in [0.29, 0.717) is 5.92 Å². The van der Waals surface area contributed by atoms with Crippen LogP contribution in [-0.4, -0.2) is 27.6 Å². The summed E-state index contributed by atoms with van der Waals surface area (Å²) in [5.41, 5.74) is 9.16. The zero-order chi connectivity index (χ0) is 36.6. The van der Waals surface area contributed by atoms with E-state index in [1.54, 1.807) is 12.4 Å². The predicted octanol–water partition coefficient (Wildman–Crippen LogP) is 11.8. The fraction of sp³-hybridized carbons (Fsp3) is 0.239. The Hall–Kier alpha value is -4.26. The first kappa shape index (κ1) is 38.5. The van der Waals surface area contributed by atoms with Crippen LogP contribution in [0.1, 0.15) is 45.7 Å². The zero-order valence-corrected chi connectivity index (χ0v) is 36.0. The minimum absolute atomic E-state index is 0. The third-order valence-corrected chi connectivity index (χ3v) is 12.6. The maximum absolute atomic E-state index is 5.03. The molecule has 0 aliphatic rings. The smallest absolute Gasteiger partial charge is 0.0798 e. The van der Waals surface area contributed by atoms with Gasteiger partial charge in [0.05, 0.1) is 24.9 Å². The first-order valence-corrected chi connectivity index (χ1v) is 22.4. The van der Waals surface area contributed by atoms with E-state index in [4.69, 9.17) is 4.98 Å². The number of benzene rings is 4. The van der Waals surface area contributed by atoms with E-state index in [2.05, 4.69) is 172 Å². The SMILES string of the molecule is CC(C)(C)c1ccc(-n2c(-c3[c-]cc4c(c3)sc3ccccc34)nc3ccccc32)cc1.CC(C)Cc1cc(-c2[c-]cncc2)ncc1[Si](C)(C)C.[Ir]. The number of nitrogens with zero attached hydrogens (tertiary/aromatic N) is 4. The van der Waals surface area contributed by atoms with Crippen molar-refractivity contribution in [2.75, 3.05) is 0 Å². The molecule has 4 aromatic heterocycles. The first-order valence-electron chi connectivity index (χ1n) is 18.1. The van der Waals surface area contributed by atoms with E-state index < -0.39 is 8.07 Å². The Morgan fingerprint density at radius 3 is 2.25 bits per heavy atom. The second kappa shape index (κ2) is 15.6. The molecule has 0 spiro atoms. The van der Waals surface area contributed by atoms with Gasteiger partial charge in [-0.15, -0.1) is 29.8 Å². The number of rotatable bonds is 6. The molecule has 0 bridgehead atoms. The Morgan fingerprint density at radius 2 is 1.55 bits per heavy atom. The molecule has 0 unspecified atom stereocenters. The van der Waals surface area contributed by atoms with Crippen molar-refractivity contribution >= 4 is 55.8 Å². The van der Waals surface area contributed by atoms with Crippen molar-refractivity contribution in [1.82, 2.24) is 19.5 Å². The van der Waals surface area contributed by atoms with Gasteiger partial charge in [-0.3, -0.25) is 9.97 Å². The van der Waals surface area contributed by atoms with E-state index in [-0.39, 0.29) is 25.5 Å². The summed E-state index contributed by atoms with van der Waals surface area (Å²) in [5.74, 6) is 1.58. The monoisotopic (exact) mass is 907 g/mol. The number of hydrogen-bond acceptors (Lipinski definition) is 4. The van der Waals surface area contributed by atoms with Gasteiger partial charge in [0.25, 0.3) is 0 Å². The predicted molar refractivity (Wildman–Crippen MR) is 225 cm³/mol. The molecule has 0 aliphatic carbocycles. The standard InChI is InChI=1S/C29H23N2S.C17H23N2Si.Ir/c1-29(2,3)20-13-15-21(16-14-20)31-25-10-6-5-9-24(25)30-28(31)19-12-17-23-22-8-4-7-11-26(22)32-27(23)18-19;1-13(2)10-15-11-16(14-6-8-18-9-7-14)19-12-17(15)20(3,4)5;/h4-11,13-18H,1-3H3;6,8-9,11-13H,10H2,1-5H3;/q2*-1;. The van der Waals surface area contributed by atoms with Crippen molar-refractivity contribution in [3.63, 3.8) is 0 Å². The Balaban J connectivity index is 0.000000199. The summed E-state index contributed by atoms with van der Waals surface area (Å²) < 4.78 is 4.83. The van der Waals surface area contributed by atoms with E-state index >= 15 is 0 Å². The fourth-order valence-electron chi connectivity index (χ4n) is 6.77. The summed E-state index contributed by atoms with van der Waals surface area (Å²) >= 11 is 1.83. The van der Waals surface area contributed by atoms with Gasteiger partial charge in [-0.2, -0.15) is 23.0 Å². The number of hydrogen-bond donors (Lipinski definition) is 0. The van der Waals surface area contributed by atoms with Crippen LogP contribution in [0.4, 0.5) is 0 Å². The van der Waals surface area contributed by atoms with Gasteiger partial charge in [0.2, 0.25) is 0 Å². The number of aromatic nitrogens is 4. The van der Waals surface area contributed by atoms with E-state index in [9.17, 15) is 0 Å². The van der Waals surface area contributed by atoms with Crippen molar-refractivity contribution in [3.05, 3.63) is 139 Å². The van der Waals surface area contributed by atoms with Gasteiger partial charge in [-0.1, -0.05) is 114 Å². The molecular formula is C46H46IrN4SSi-2. The molecular weight excluding hydrogens is 861 g/mol. The van der Waals surface area contributed by atoms with E-state index in [1.807, 2.05) is 23.5 Å². The van der Waals surface area contributed by atoms with Crippen molar-refractivity contribution in [3.8, 4) is 28.3 Å². The fourth-order valence-corrected chi connectivity index (χ4v) is 9.49. The Labute approximate surface area is 332 Å². The molecule has 53 heavy (non-hydrogen) atoms. The van der Waals surface area contributed by atoms with Crippen LogP contribution in [0, 0.1) is 18.1 Å². The number of pyridine rings is 2. The molecule has 4 nitrogen and oxygen atoms in total. The molecule has 0 saturated heterocycles. The molecule has 8 aromatic rings. The molecule has 0 amide bonds. The van der Waals surface area contributed by atoms with Crippen LogP contribution in [0.3, 0.4) is 0 Å². The van der Waals surface area contributed by atoms with Crippen LogP contribution in [-0.2, 0) is 31.9 Å². The third kappa shape index (κ3) is 8.29. The second-order valence-electron chi connectivity index (χ2n) is 16.0. The van der Waals surface area contributed by atoms with Crippen LogP contribution < -0.4 is 5.19 Å². The molecule has 0 N–H and O–H groups in total. The zero-order valence-electron chi connectivity index (χ0n) is 31.8. The summed E-state index contributed by atoms with van der Waals surface area (Å²) in [6, 6.07) is 41.1. The first-order chi connectivity index (χ1) is 24.9. The van der Waals surface area contributed by atoms with Crippen LogP contribution >= 0.6 is 11.3 Å². The van der Waals surface area contributed by atoms with Crippen molar-refractivity contribution < 1.29 is 20.1 Å². The molecule has 4 heterocycles. The van der Waals surface area contributed by atoms with Gasteiger partial charge in [0, 0.05) is 36.7 Å². The molecule has 0 fully saturated rings. The summed E-state index contributed by atoms with van der Waals surface area (Å²) in [6.45, 7) is 18.4. The molecule has 0 saturated carbocycles. The summed E-state index contributed by atoms with van der Waals surface area (Å²) in [6.07, 6.45) is 6.70. The Bertz CT molecular complexity index is 2490. The second-order valence-corrected chi connectivity index (χ2v) is 22.1. The van der Waals surface area contributed by atoms with Gasteiger partial charge in [-0.05, 0) is 87.0 Å². The molecule has 0 atom stereocenters. The van der Waals surface area contributed by atoms with Crippen molar-refractivity contribution in [1.29, 1.82) is 0 Å². The molecule has 8 rings (SSSR count). The van der Waals surface area contributed by atoms with Crippen molar-refractivity contribution in [2.24, 2.45) is 5.92 Å². The molecule has 0 aliphatic heterocycles. The van der Waals surface area contributed by atoms with E-state index in [1.165, 1.54) is 36.5 Å². The van der Waals surface area contributed by atoms with Crippen molar-refractivity contribution in [2.45, 2.75) is 66.1 Å². The minimum atomic E-state index is -1.35. The topological polar surface area (TPSA) is 43.6 Å². The van der Waals surface area contributed by atoms with Gasteiger partial charge in [0.1, 0.15) is 0 Å². The quantitative estimate of drug-likeness (QED) is 0.123. The largest absolute Gasteiger partial charge is 0.333 e. The summed E-state index contributed by atoms with van der Waals surface area (Å²) in [5, 5.41) is 4.03. The maximum atomic E-state index is 5.03. The average Bonchev–Trinajstić information content (AvgIpc) is 3.70. The molecule has 1 radical (unpaired) electrons. The normalized spacial score (nSPS) is 11.9. The van der Waals surface area contributed by atoms with Crippen LogP contribution in [0.25, 0.3) is 59.5 Å². The van der Waals surface area contributed by atoms with Gasteiger partial charge >= 0.3 is 0 Å². The van der Waals surface area contributed by atoms with Crippen LogP contribution in [0.15, 0.2) is 116 Å². The molecule has 7 heteroatoms. The molecule has 271 valence electrons. The summed E-state index contributed by atoms with van der Waals surface area (Å²) in [7, 11) is -1.35. The molecule has 4 aromatic carbocycles. The average molecular weight is 907 g/mol. The maximum Gasteiger partial charge on any atom is 0.0798 e. The van der Waals surface area contributed by atoms with Gasteiger partial charge in [-0.25, -0.2) is 0 Å². The third-order valence-electron chi connectivity index (χ3n) is 9.43. The van der Waals surface area contributed by atoms with Crippen LogP contribution in [0.2, 0.25) is 19.6 Å². The van der Waals surface area contributed by atoms with Gasteiger partial charge in [0.15, 0.2) is 0 Å². The Kier molecular flexibility index (Phi) is 11.3. The van der Waals surface area contributed by atoms with Gasteiger partial charge < -0.3 is 9.55 Å². The van der Waals surface area contributed by atoms with Crippen LogP contribution in [0.5, 0.6) is 0 Å². The van der Waals surface area contributed by atoms with E-state index in [0.717, 1.165) is 45.8 Å².